The highest BCUT2D eigenvalue weighted by Gasteiger charge is 2.16. The third-order valence-corrected chi connectivity index (χ3v) is 4.99. The molecule has 10 heteroatoms. The number of anilines is 1. The second kappa shape index (κ2) is 5.85. The van der Waals surface area contributed by atoms with Crippen LogP contribution >= 0.6 is 0 Å². The number of sulfonamides is 1. The van der Waals surface area contributed by atoms with E-state index in [2.05, 4.69) is 19.8 Å². The van der Waals surface area contributed by atoms with Gasteiger partial charge >= 0.3 is 5.76 Å². The van der Waals surface area contributed by atoms with E-state index in [0.29, 0.717) is 28.5 Å². The molecule has 0 saturated carbocycles. The summed E-state index contributed by atoms with van der Waals surface area (Å²) in [4.78, 5) is 17.7. The van der Waals surface area contributed by atoms with Crippen molar-refractivity contribution in [1.29, 1.82) is 0 Å². The smallest absolute Gasteiger partial charge is 0.408 e. The number of aromatic nitrogens is 3. The quantitative estimate of drug-likeness (QED) is 0.562. The molecule has 0 saturated heterocycles. The molecule has 0 fully saturated rings. The number of benzene rings is 2. The number of aromatic amines is 1. The second-order valence-electron chi connectivity index (χ2n) is 5.50. The number of nitrogens with zero attached hydrogens (tertiary/aromatic N) is 2. The van der Waals surface area contributed by atoms with Crippen molar-refractivity contribution in [3.63, 3.8) is 0 Å². The van der Waals surface area contributed by atoms with Crippen LogP contribution < -0.4 is 10.5 Å². The summed E-state index contributed by atoms with van der Waals surface area (Å²) < 4.78 is 37.5. The van der Waals surface area contributed by atoms with Crippen LogP contribution in [-0.4, -0.2) is 23.5 Å². The number of hydrogen-bond acceptors (Lipinski definition) is 7. The molecular weight excluding hydrogens is 360 g/mol. The van der Waals surface area contributed by atoms with Crippen molar-refractivity contribution < 1.29 is 17.4 Å². The van der Waals surface area contributed by atoms with Gasteiger partial charge in [0.25, 0.3) is 15.9 Å². The topological polar surface area (TPSA) is 131 Å². The maximum absolute atomic E-state index is 12.5. The summed E-state index contributed by atoms with van der Waals surface area (Å²) >= 11 is 0. The van der Waals surface area contributed by atoms with Gasteiger partial charge in [0, 0.05) is 17.3 Å². The fraction of sp³-hybridized carbons (Fsp3) is 0.0625. The van der Waals surface area contributed by atoms with Gasteiger partial charge in [0.1, 0.15) is 0 Å². The highest BCUT2D eigenvalue weighted by Crippen LogP contribution is 2.23. The van der Waals surface area contributed by atoms with Crippen molar-refractivity contribution >= 4 is 26.8 Å². The number of rotatable bonds is 4. The summed E-state index contributed by atoms with van der Waals surface area (Å²) in [5.74, 6) is 0.218. The normalized spacial score (nSPS) is 11.7. The van der Waals surface area contributed by atoms with Crippen LogP contribution in [0.5, 0.6) is 0 Å². The number of fused-ring (bicyclic) bond motifs is 1. The lowest BCUT2D eigenvalue weighted by Crippen LogP contribution is -2.12. The van der Waals surface area contributed by atoms with E-state index < -0.39 is 15.8 Å². The molecule has 9 nitrogen and oxygen atoms in total. The first-order valence-corrected chi connectivity index (χ1v) is 8.95. The van der Waals surface area contributed by atoms with Gasteiger partial charge < -0.3 is 8.94 Å². The molecule has 2 N–H and O–H groups in total. The average molecular weight is 372 g/mol. The minimum atomic E-state index is -3.85. The summed E-state index contributed by atoms with van der Waals surface area (Å²) in [6, 6.07) is 10.6. The molecule has 4 aromatic rings. The number of nitrogens with one attached hydrogen (secondary N) is 2. The van der Waals surface area contributed by atoms with E-state index in [1.54, 1.807) is 31.2 Å². The van der Waals surface area contributed by atoms with Crippen LogP contribution in [0.15, 0.2) is 61.1 Å². The summed E-state index contributed by atoms with van der Waals surface area (Å²) in [7, 11) is -3.85. The molecule has 4 rings (SSSR count). The zero-order valence-corrected chi connectivity index (χ0v) is 14.2. The monoisotopic (exact) mass is 372 g/mol. The van der Waals surface area contributed by atoms with Crippen LogP contribution in [0, 0.1) is 6.92 Å². The van der Waals surface area contributed by atoms with Gasteiger partial charge in [-0.05, 0) is 43.3 Å². The first-order chi connectivity index (χ1) is 12.4. The zero-order chi connectivity index (χ0) is 18.3. The Balaban J connectivity index is 1.61. The number of hydrogen-bond donors (Lipinski definition) is 2. The lowest BCUT2D eigenvalue weighted by atomic mass is 10.2. The van der Waals surface area contributed by atoms with Crippen molar-refractivity contribution in [3.05, 3.63) is 58.8 Å². The first kappa shape index (κ1) is 16.1. The molecular formula is C16H12N4O5S. The van der Waals surface area contributed by atoms with Crippen LogP contribution in [0.25, 0.3) is 22.6 Å². The molecule has 2 aromatic carbocycles. The third kappa shape index (κ3) is 2.97. The number of oxazole rings is 1. The molecule has 0 radical (unpaired) electrons. The lowest BCUT2D eigenvalue weighted by Gasteiger charge is -2.08. The van der Waals surface area contributed by atoms with E-state index in [1.165, 1.54) is 18.2 Å². The Morgan fingerprint density at radius 3 is 2.58 bits per heavy atom. The molecule has 0 aliphatic heterocycles. The SMILES string of the molecule is Cc1noc(-c2ccc(NS(=O)(=O)c3ccc4[nH]c(=O)oc4c3)cc2)n1. The Morgan fingerprint density at radius 1 is 1.12 bits per heavy atom. The third-order valence-electron chi connectivity index (χ3n) is 3.61. The minimum absolute atomic E-state index is 0.0237. The number of aryl methyl sites for hydroxylation is 1. The van der Waals surface area contributed by atoms with Crippen molar-refractivity contribution in [1.82, 2.24) is 15.1 Å². The second-order valence-corrected chi connectivity index (χ2v) is 7.18. The van der Waals surface area contributed by atoms with Gasteiger partial charge in [0.2, 0.25) is 0 Å². The molecule has 0 aliphatic rings. The molecule has 0 amide bonds. The van der Waals surface area contributed by atoms with E-state index in [9.17, 15) is 13.2 Å². The van der Waals surface area contributed by atoms with Crippen molar-refractivity contribution in [2.45, 2.75) is 11.8 Å². The van der Waals surface area contributed by atoms with E-state index in [4.69, 9.17) is 8.94 Å². The van der Waals surface area contributed by atoms with Crippen LogP contribution in [0.2, 0.25) is 0 Å². The molecule has 0 unspecified atom stereocenters. The Morgan fingerprint density at radius 2 is 1.88 bits per heavy atom. The van der Waals surface area contributed by atoms with Crippen LogP contribution in [0.4, 0.5) is 5.69 Å². The van der Waals surface area contributed by atoms with Gasteiger partial charge in [0.05, 0.1) is 10.4 Å². The zero-order valence-electron chi connectivity index (χ0n) is 13.4. The molecule has 0 aliphatic carbocycles. The van der Waals surface area contributed by atoms with E-state index in [-0.39, 0.29) is 10.5 Å². The highest BCUT2D eigenvalue weighted by molar-refractivity contribution is 7.92. The molecule has 26 heavy (non-hydrogen) atoms. The number of H-pyrrole nitrogens is 1. The Bertz CT molecular complexity index is 1250. The van der Waals surface area contributed by atoms with Gasteiger partial charge in [-0.1, -0.05) is 5.16 Å². The fourth-order valence-corrected chi connectivity index (χ4v) is 3.48. The summed E-state index contributed by atoms with van der Waals surface area (Å²) in [5.41, 5.74) is 1.62. The minimum Gasteiger partial charge on any atom is -0.408 e. The summed E-state index contributed by atoms with van der Waals surface area (Å²) in [6.45, 7) is 1.71. The summed E-state index contributed by atoms with van der Waals surface area (Å²) in [5, 5.41) is 3.71. The maximum Gasteiger partial charge on any atom is 0.417 e. The molecule has 0 bridgehead atoms. The van der Waals surface area contributed by atoms with Crippen LogP contribution in [-0.2, 0) is 10.0 Å². The Labute approximate surface area is 146 Å². The molecule has 0 atom stereocenters. The van der Waals surface area contributed by atoms with Crippen molar-refractivity contribution in [2.24, 2.45) is 0 Å². The lowest BCUT2D eigenvalue weighted by molar-refractivity contribution is 0.425. The highest BCUT2D eigenvalue weighted by atomic mass is 32.2. The van der Waals surface area contributed by atoms with Crippen molar-refractivity contribution in [2.75, 3.05) is 4.72 Å². The first-order valence-electron chi connectivity index (χ1n) is 7.47. The predicted molar refractivity (Wildman–Crippen MR) is 92.1 cm³/mol. The van der Waals surface area contributed by atoms with Gasteiger partial charge in [-0.25, -0.2) is 13.2 Å². The Kier molecular flexibility index (Phi) is 3.62. The van der Waals surface area contributed by atoms with Crippen molar-refractivity contribution in [3.8, 4) is 11.5 Å². The standard InChI is InChI=1S/C16H12N4O5S/c1-9-17-15(25-19-9)10-2-4-11(5-3-10)20-26(22,23)12-6-7-13-14(8-12)24-16(21)18-13/h2-8,20H,1H3,(H,18,21). The average Bonchev–Trinajstić information content (AvgIpc) is 3.19. The Hall–Kier alpha value is -3.40. The van der Waals surface area contributed by atoms with Gasteiger partial charge in [-0.3, -0.25) is 9.71 Å². The summed E-state index contributed by atoms with van der Waals surface area (Å²) in [6.07, 6.45) is 0. The maximum atomic E-state index is 12.5. The van der Waals surface area contributed by atoms with Gasteiger partial charge in [-0.2, -0.15) is 4.98 Å². The largest absolute Gasteiger partial charge is 0.417 e. The predicted octanol–water partition coefficient (Wildman–Crippen LogP) is 2.28. The van der Waals surface area contributed by atoms with E-state index >= 15 is 0 Å². The van der Waals surface area contributed by atoms with Crippen LogP contribution in [0.3, 0.4) is 0 Å². The molecule has 2 heterocycles. The van der Waals surface area contributed by atoms with Gasteiger partial charge in [-0.15, -0.1) is 0 Å². The van der Waals surface area contributed by atoms with Crippen LogP contribution in [0.1, 0.15) is 5.82 Å². The van der Waals surface area contributed by atoms with E-state index in [1.807, 2.05) is 0 Å². The van der Waals surface area contributed by atoms with Gasteiger partial charge in [0.15, 0.2) is 11.4 Å². The molecule has 0 spiro atoms. The molecule has 132 valence electrons. The molecule has 2 aromatic heterocycles. The fourth-order valence-electron chi connectivity index (χ4n) is 2.40. The van der Waals surface area contributed by atoms with E-state index in [0.717, 1.165) is 0 Å².